The van der Waals surface area contributed by atoms with Crippen molar-refractivity contribution in [3.63, 3.8) is 0 Å². The normalized spacial score (nSPS) is 18.1. The molecule has 3 atom stereocenters. The van der Waals surface area contributed by atoms with E-state index < -0.39 is 10.8 Å². The van der Waals surface area contributed by atoms with E-state index in [1.807, 2.05) is 31.4 Å². The molecule has 2 N–H and O–H groups in total. The van der Waals surface area contributed by atoms with Gasteiger partial charge in [0.15, 0.2) is 0 Å². The second kappa shape index (κ2) is 4.88. The maximum absolute atomic E-state index is 11.8. The van der Waals surface area contributed by atoms with Gasteiger partial charge in [0.1, 0.15) is 0 Å². The average molecular weight is 217 g/mol. The minimum Gasteiger partial charge on any atom is -0.327 e. The molecular weight excluding hydrogens is 202 g/mol. The van der Waals surface area contributed by atoms with Crippen LogP contribution in [0.4, 0.5) is 0 Å². The highest BCUT2D eigenvalue weighted by atomic mass is 32.2. The Bertz CT molecular complexity index is 271. The lowest BCUT2D eigenvalue weighted by atomic mass is 10.2. The molecule has 0 aliphatic carbocycles. The highest BCUT2D eigenvalue weighted by molar-refractivity contribution is 7.87. The molecule has 0 aliphatic rings. The predicted octanol–water partition coefficient (Wildman–Crippen LogP) is 1.98. The molecule has 1 heterocycles. The Labute approximate surface area is 85.6 Å². The lowest BCUT2D eigenvalue weighted by Crippen LogP contribution is -2.34. The fraction of sp³-hybridized carbons (Fsp3) is 0.556. The molecule has 4 heteroatoms. The highest BCUT2D eigenvalue weighted by Crippen LogP contribution is 2.19. The number of hydrogen-bond acceptors (Lipinski definition) is 3. The standard InChI is InChI=1S/C9H15NOS2/c1-3-8(10)7(2)13(11)9-5-4-6-12-9/h4-8H,3,10H2,1-2H3. The zero-order chi connectivity index (χ0) is 9.84. The van der Waals surface area contributed by atoms with Crippen LogP contribution in [-0.2, 0) is 10.8 Å². The van der Waals surface area contributed by atoms with E-state index in [9.17, 15) is 4.21 Å². The quantitative estimate of drug-likeness (QED) is 0.838. The van der Waals surface area contributed by atoms with Gasteiger partial charge in [-0.3, -0.25) is 4.21 Å². The largest absolute Gasteiger partial charge is 0.327 e. The van der Waals surface area contributed by atoms with Gasteiger partial charge in [-0.15, -0.1) is 11.3 Å². The second-order valence-electron chi connectivity index (χ2n) is 3.01. The van der Waals surface area contributed by atoms with Crippen LogP contribution in [0.25, 0.3) is 0 Å². The van der Waals surface area contributed by atoms with Gasteiger partial charge < -0.3 is 5.73 Å². The number of nitrogens with two attached hydrogens (primary N) is 1. The summed E-state index contributed by atoms with van der Waals surface area (Å²) in [6.45, 7) is 3.97. The molecule has 1 aromatic heterocycles. The number of rotatable bonds is 4. The highest BCUT2D eigenvalue weighted by Gasteiger charge is 2.19. The molecule has 2 nitrogen and oxygen atoms in total. The molecule has 0 fully saturated rings. The summed E-state index contributed by atoms with van der Waals surface area (Å²) in [6.07, 6.45) is 0.873. The van der Waals surface area contributed by atoms with Crippen LogP contribution >= 0.6 is 11.3 Å². The van der Waals surface area contributed by atoms with Crippen LogP contribution in [-0.4, -0.2) is 15.5 Å². The molecular formula is C9H15NOS2. The minimum atomic E-state index is -0.934. The Morgan fingerprint density at radius 2 is 2.38 bits per heavy atom. The molecule has 0 saturated heterocycles. The van der Waals surface area contributed by atoms with Crippen LogP contribution < -0.4 is 5.73 Å². The molecule has 0 bridgehead atoms. The van der Waals surface area contributed by atoms with Crippen LogP contribution in [0.15, 0.2) is 21.7 Å². The van der Waals surface area contributed by atoms with Crippen LogP contribution in [0, 0.1) is 0 Å². The summed E-state index contributed by atoms with van der Waals surface area (Å²) >= 11 is 1.53. The van der Waals surface area contributed by atoms with Crippen molar-refractivity contribution in [2.45, 2.75) is 35.8 Å². The zero-order valence-corrected chi connectivity index (χ0v) is 9.53. The maximum atomic E-state index is 11.8. The van der Waals surface area contributed by atoms with Crippen LogP contribution in [0.3, 0.4) is 0 Å². The monoisotopic (exact) mass is 217 g/mol. The third-order valence-corrected chi connectivity index (χ3v) is 5.11. The Hall–Kier alpha value is -0.190. The van der Waals surface area contributed by atoms with Crippen molar-refractivity contribution in [1.29, 1.82) is 0 Å². The van der Waals surface area contributed by atoms with E-state index in [-0.39, 0.29) is 11.3 Å². The van der Waals surface area contributed by atoms with Gasteiger partial charge in [-0.25, -0.2) is 0 Å². The fourth-order valence-electron chi connectivity index (χ4n) is 1.05. The molecule has 0 amide bonds. The summed E-state index contributed by atoms with van der Waals surface area (Å²) in [5, 5.41) is 1.99. The molecule has 0 radical (unpaired) electrons. The first-order chi connectivity index (χ1) is 6.16. The third kappa shape index (κ3) is 2.62. The van der Waals surface area contributed by atoms with Crippen LogP contribution in [0.2, 0.25) is 0 Å². The molecule has 0 aliphatic heterocycles. The van der Waals surface area contributed by atoms with Crippen molar-refractivity contribution in [3.8, 4) is 0 Å². The summed E-state index contributed by atoms with van der Waals surface area (Å²) in [5.74, 6) is 0. The van der Waals surface area contributed by atoms with Crippen LogP contribution in [0.5, 0.6) is 0 Å². The van der Waals surface area contributed by atoms with Crippen LogP contribution in [0.1, 0.15) is 20.3 Å². The molecule has 1 aromatic rings. The maximum Gasteiger partial charge on any atom is 0.0913 e. The van der Waals surface area contributed by atoms with Crippen molar-refractivity contribution in [2.75, 3.05) is 0 Å². The van der Waals surface area contributed by atoms with E-state index in [0.717, 1.165) is 10.6 Å². The minimum absolute atomic E-state index is 0.0305. The van der Waals surface area contributed by atoms with Gasteiger partial charge in [-0.1, -0.05) is 13.0 Å². The number of hydrogen-bond donors (Lipinski definition) is 1. The molecule has 0 spiro atoms. The van der Waals surface area contributed by atoms with Crippen molar-refractivity contribution in [3.05, 3.63) is 17.5 Å². The van der Waals surface area contributed by atoms with Gasteiger partial charge >= 0.3 is 0 Å². The summed E-state index contributed by atoms with van der Waals surface area (Å²) in [4.78, 5) is 0. The first-order valence-corrected chi connectivity index (χ1v) is 6.45. The van der Waals surface area contributed by atoms with Gasteiger partial charge in [0, 0.05) is 6.04 Å². The predicted molar refractivity (Wildman–Crippen MR) is 58.5 cm³/mol. The molecule has 0 saturated carbocycles. The van der Waals surface area contributed by atoms with Gasteiger partial charge in [-0.2, -0.15) is 0 Å². The molecule has 3 unspecified atom stereocenters. The van der Waals surface area contributed by atoms with Gasteiger partial charge in [-0.05, 0) is 24.8 Å². The lowest BCUT2D eigenvalue weighted by molar-refractivity contribution is 0.611. The molecule has 1 rings (SSSR count). The first-order valence-electron chi connectivity index (χ1n) is 4.36. The van der Waals surface area contributed by atoms with Crippen molar-refractivity contribution in [2.24, 2.45) is 5.73 Å². The van der Waals surface area contributed by atoms with Gasteiger partial charge in [0.05, 0.1) is 20.3 Å². The summed E-state index contributed by atoms with van der Waals surface area (Å²) in [7, 11) is -0.934. The summed E-state index contributed by atoms with van der Waals surface area (Å²) in [6, 6.07) is 3.85. The Morgan fingerprint density at radius 1 is 1.69 bits per heavy atom. The van der Waals surface area contributed by atoms with E-state index in [0.29, 0.717) is 0 Å². The average Bonchev–Trinajstić information content (AvgIpc) is 2.67. The Morgan fingerprint density at radius 3 is 2.85 bits per heavy atom. The van der Waals surface area contributed by atoms with Crippen molar-refractivity contribution < 1.29 is 4.21 Å². The Balaban J connectivity index is 2.68. The second-order valence-corrected chi connectivity index (χ2v) is 5.99. The van der Waals surface area contributed by atoms with Crippen molar-refractivity contribution in [1.82, 2.24) is 0 Å². The first kappa shape index (κ1) is 10.9. The zero-order valence-electron chi connectivity index (χ0n) is 7.90. The van der Waals surface area contributed by atoms with E-state index >= 15 is 0 Å². The molecule has 74 valence electrons. The summed E-state index contributed by atoms with van der Waals surface area (Å²) in [5.41, 5.74) is 5.84. The number of thiophene rings is 1. The SMILES string of the molecule is CCC(N)C(C)S(=O)c1cccs1. The fourth-order valence-corrected chi connectivity index (χ4v) is 3.59. The smallest absolute Gasteiger partial charge is 0.0913 e. The lowest BCUT2D eigenvalue weighted by Gasteiger charge is -2.16. The van der Waals surface area contributed by atoms with Gasteiger partial charge in [0.2, 0.25) is 0 Å². The van der Waals surface area contributed by atoms with E-state index in [1.54, 1.807) is 0 Å². The van der Waals surface area contributed by atoms with E-state index in [2.05, 4.69) is 0 Å². The van der Waals surface area contributed by atoms with Crippen molar-refractivity contribution >= 4 is 22.1 Å². The third-order valence-electron chi connectivity index (χ3n) is 2.11. The van der Waals surface area contributed by atoms with E-state index in [4.69, 9.17) is 5.73 Å². The Kier molecular flexibility index (Phi) is 4.09. The molecule has 13 heavy (non-hydrogen) atoms. The molecule has 0 aromatic carbocycles. The summed E-state index contributed by atoms with van der Waals surface area (Å²) < 4.78 is 12.8. The van der Waals surface area contributed by atoms with E-state index in [1.165, 1.54) is 11.3 Å². The van der Waals surface area contributed by atoms with Gasteiger partial charge in [0.25, 0.3) is 0 Å². The topological polar surface area (TPSA) is 43.1 Å².